The molecule has 4 N–H and O–H groups in total. The lowest BCUT2D eigenvalue weighted by Gasteiger charge is -2.40. The molecule has 110 valence electrons. The highest BCUT2D eigenvalue weighted by Gasteiger charge is 2.37. The molecule has 2 rings (SSSR count). The maximum Gasteiger partial charge on any atom is 0.354 e. The number of aromatic amines is 1. The molecule has 0 aliphatic heterocycles. The van der Waals surface area contributed by atoms with Crippen molar-refractivity contribution >= 4 is 17.7 Å². The van der Waals surface area contributed by atoms with Crippen LogP contribution in [-0.2, 0) is 4.74 Å². The van der Waals surface area contributed by atoms with Gasteiger partial charge in [-0.1, -0.05) is 0 Å². The second-order valence-corrected chi connectivity index (χ2v) is 5.09. The van der Waals surface area contributed by atoms with Crippen LogP contribution >= 0.6 is 0 Å². The third-order valence-electron chi connectivity index (χ3n) is 3.68. The average Bonchev–Trinajstić information content (AvgIpc) is 2.69. The molecule has 1 aromatic heterocycles. The van der Waals surface area contributed by atoms with E-state index in [2.05, 4.69) is 15.6 Å². The predicted molar refractivity (Wildman–Crippen MR) is 73.1 cm³/mol. The van der Waals surface area contributed by atoms with Crippen molar-refractivity contribution < 1.29 is 19.4 Å². The average molecular weight is 281 g/mol. The van der Waals surface area contributed by atoms with Crippen LogP contribution in [0.1, 0.15) is 35.4 Å². The first-order valence-electron chi connectivity index (χ1n) is 6.49. The SMILES string of the molecule is COC1(CNC(=O)Nc2cc(C)[nH]c2C(=O)O)CCC1. The van der Waals surface area contributed by atoms with Crippen LogP contribution in [0.5, 0.6) is 0 Å². The lowest BCUT2D eigenvalue weighted by atomic mass is 9.80. The van der Waals surface area contributed by atoms with Crippen LogP contribution in [0.4, 0.5) is 10.5 Å². The number of aromatic nitrogens is 1. The van der Waals surface area contributed by atoms with Crippen molar-refractivity contribution in [2.45, 2.75) is 31.8 Å². The Morgan fingerprint density at radius 1 is 1.50 bits per heavy atom. The highest BCUT2D eigenvalue weighted by molar-refractivity contribution is 5.99. The number of hydrogen-bond acceptors (Lipinski definition) is 3. The fourth-order valence-electron chi connectivity index (χ4n) is 2.29. The van der Waals surface area contributed by atoms with Gasteiger partial charge in [0.25, 0.3) is 0 Å². The van der Waals surface area contributed by atoms with Crippen molar-refractivity contribution in [3.8, 4) is 0 Å². The molecule has 0 atom stereocenters. The minimum atomic E-state index is -1.11. The monoisotopic (exact) mass is 281 g/mol. The number of aromatic carboxylic acids is 1. The first-order chi connectivity index (χ1) is 9.46. The number of ether oxygens (including phenoxy) is 1. The third kappa shape index (κ3) is 2.93. The largest absolute Gasteiger partial charge is 0.477 e. The van der Waals surface area contributed by atoms with Crippen LogP contribution in [0, 0.1) is 6.92 Å². The smallest absolute Gasteiger partial charge is 0.354 e. The van der Waals surface area contributed by atoms with Crippen molar-refractivity contribution in [3.05, 3.63) is 17.5 Å². The van der Waals surface area contributed by atoms with Crippen LogP contribution in [0.25, 0.3) is 0 Å². The minimum Gasteiger partial charge on any atom is -0.477 e. The lowest BCUT2D eigenvalue weighted by Crippen LogP contribution is -2.50. The number of rotatable bonds is 5. The van der Waals surface area contributed by atoms with E-state index < -0.39 is 12.0 Å². The summed E-state index contributed by atoms with van der Waals surface area (Å²) in [6.45, 7) is 2.14. The van der Waals surface area contributed by atoms with Gasteiger partial charge in [-0.2, -0.15) is 0 Å². The fourth-order valence-corrected chi connectivity index (χ4v) is 2.29. The summed E-state index contributed by atoms with van der Waals surface area (Å²) in [5.74, 6) is -1.11. The van der Waals surface area contributed by atoms with E-state index in [1.807, 2.05) is 0 Å². The quantitative estimate of drug-likeness (QED) is 0.659. The molecule has 7 nitrogen and oxygen atoms in total. The number of carboxylic acids is 1. The van der Waals surface area contributed by atoms with Crippen LogP contribution in [0.15, 0.2) is 6.07 Å². The van der Waals surface area contributed by atoms with Gasteiger partial charge in [-0.15, -0.1) is 0 Å². The van der Waals surface area contributed by atoms with E-state index in [1.54, 1.807) is 20.1 Å². The molecule has 1 fully saturated rings. The molecule has 7 heteroatoms. The molecular weight excluding hydrogens is 262 g/mol. The second-order valence-electron chi connectivity index (χ2n) is 5.09. The summed E-state index contributed by atoms with van der Waals surface area (Å²) in [5.41, 5.74) is 0.640. The summed E-state index contributed by atoms with van der Waals surface area (Å²) in [6, 6.07) is 1.15. The second kappa shape index (κ2) is 5.54. The zero-order valence-electron chi connectivity index (χ0n) is 11.6. The Bertz CT molecular complexity index is 514. The summed E-state index contributed by atoms with van der Waals surface area (Å²) in [5, 5.41) is 14.3. The molecule has 0 bridgehead atoms. The molecule has 1 aromatic rings. The van der Waals surface area contributed by atoms with Gasteiger partial charge in [0.1, 0.15) is 5.69 Å². The molecule has 0 radical (unpaired) electrons. The number of carbonyl (C=O) groups is 2. The van der Waals surface area contributed by atoms with Crippen LogP contribution in [0.2, 0.25) is 0 Å². The van der Waals surface area contributed by atoms with Gasteiger partial charge in [0.2, 0.25) is 0 Å². The molecule has 0 unspecified atom stereocenters. The van der Waals surface area contributed by atoms with Crippen LogP contribution in [0.3, 0.4) is 0 Å². The Kier molecular flexibility index (Phi) is 3.99. The zero-order chi connectivity index (χ0) is 14.8. The molecule has 20 heavy (non-hydrogen) atoms. The van der Waals surface area contributed by atoms with E-state index in [9.17, 15) is 9.59 Å². The van der Waals surface area contributed by atoms with Gasteiger partial charge in [0, 0.05) is 19.3 Å². The number of carbonyl (C=O) groups excluding carboxylic acids is 1. The number of carboxylic acid groups (broad SMARTS) is 1. The maximum absolute atomic E-state index is 11.8. The molecule has 1 saturated carbocycles. The molecule has 0 aromatic carbocycles. The first-order valence-corrected chi connectivity index (χ1v) is 6.49. The van der Waals surface area contributed by atoms with Gasteiger partial charge < -0.3 is 25.5 Å². The van der Waals surface area contributed by atoms with E-state index in [0.717, 1.165) is 19.3 Å². The number of aryl methyl sites for hydroxylation is 1. The topological polar surface area (TPSA) is 103 Å². The summed E-state index contributed by atoms with van der Waals surface area (Å²) < 4.78 is 5.40. The maximum atomic E-state index is 11.8. The molecule has 1 heterocycles. The molecule has 0 spiro atoms. The highest BCUT2D eigenvalue weighted by atomic mass is 16.5. The molecular formula is C13H19N3O4. The summed E-state index contributed by atoms with van der Waals surface area (Å²) in [4.78, 5) is 25.5. The van der Waals surface area contributed by atoms with Crippen LogP contribution in [-0.4, -0.2) is 41.3 Å². The van der Waals surface area contributed by atoms with E-state index in [4.69, 9.17) is 9.84 Å². The third-order valence-corrected chi connectivity index (χ3v) is 3.68. The summed E-state index contributed by atoms with van der Waals surface area (Å²) in [6.07, 6.45) is 2.94. The van der Waals surface area contributed by atoms with Crippen molar-refractivity contribution in [2.24, 2.45) is 0 Å². The highest BCUT2D eigenvalue weighted by Crippen LogP contribution is 2.34. The number of anilines is 1. The van der Waals surface area contributed by atoms with Gasteiger partial charge >= 0.3 is 12.0 Å². The Labute approximate surface area is 116 Å². The predicted octanol–water partition coefficient (Wildman–Crippen LogP) is 1.71. The number of nitrogens with one attached hydrogen (secondary N) is 3. The van der Waals surface area contributed by atoms with E-state index in [0.29, 0.717) is 12.2 Å². The van der Waals surface area contributed by atoms with Crippen molar-refractivity contribution in [1.29, 1.82) is 0 Å². The Morgan fingerprint density at radius 3 is 2.70 bits per heavy atom. The Balaban J connectivity index is 1.93. The number of hydrogen-bond donors (Lipinski definition) is 4. The van der Waals surface area contributed by atoms with Crippen molar-refractivity contribution in [3.63, 3.8) is 0 Å². The van der Waals surface area contributed by atoms with Crippen LogP contribution < -0.4 is 10.6 Å². The fraction of sp³-hybridized carbons (Fsp3) is 0.538. The lowest BCUT2D eigenvalue weighted by molar-refractivity contribution is -0.0671. The zero-order valence-corrected chi connectivity index (χ0v) is 11.6. The van der Waals surface area contributed by atoms with Crippen molar-refractivity contribution in [2.75, 3.05) is 19.0 Å². The molecule has 1 aliphatic rings. The molecule has 1 aliphatic carbocycles. The Hall–Kier alpha value is -2.02. The molecule has 2 amide bonds. The standard InChI is InChI=1S/C13H19N3O4/c1-8-6-9(10(15-8)11(17)18)16-12(19)14-7-13(20-2)4-3-5-13/h6,15H,3-5,7H2,1-2H3,(H,17,18)(H2,14,16,19). The Morgan fingerprint density at radius 2 is 2.20 bits per heavy atom. The number of urea groups is 1. The van der Waals surface area contributed by atoms with Gasteiger partial charge in [-0.05, 0) is 32.3 Å². The van der Waals surface area contributed by atoms with Crippen molar-refractivity contribution in [1.82, 2.24) is 10.3 Å². The summed E-state index contributed by atoms with van der Waals surface area (Å²) >= 11 is 0. The first kappa shape index (κ1) is 14.4. The van der Waals surface area contributed by atoms with E-state index in [1.165, 1.54) is 0 Å². The van der Waals surface area contributed by atoms with Gasteiger partial charge in [-0.25, -0.2) is 9.59 Å². The van der Waals surface area contributed by atoms with Gasteiger partial charge in [0.15, 0.2) is 0 Å². The molecule has 0 saturated heterocycles. The van der Waals surface area contributed by atoms with Gasteiger partial charge in [-0.3, -0.25) is 0 Å². The summed E-state index contributed by atoms with van der Waals surface area (Å²) in [7, 11) is 1.64. The minimum absolute atomic E-state index is 0.0252. The van der Waals surface area contributed by atoms with E-state index >= 15 is 0 Å². The number of methoxy groups -OCH3 is 1. The number of H-pyrrole nitrogens is 1. The van der Waals surface area contributed by atoms with E-state index in [-0.39, 0.29) is 17.0 Å². The number of amides is 2. The normalized spacial score (nSPS) is 16.3. The van der Waals surface area contributed by atoms with Gasteiger partial charge in [0.05, 0.1) is 11.3 Å².